The van der Waals surface area contributed by atoms with Crippen LogP contribution in [0, 0.1) is 0 Å². The fraction of sp³-hybridized carbons (Fsp3) is 0.257. The number of hydrogen-bond donors (Lipinski definition) is 1. The van der Waals surface area contributed by atoms with Gasteiger partial charge in [-0.1, -0.05) is 102 Å². The lowest BCUT2D eigenvalue weighted by atomic mass is 10.0. The predicted molar refractivity (Wildman–Crippen MR) is 184 cm³/mol. The molecule has 1 aliphatic carbocycles. The number of carbonyl (C=O) groups is 2. The molecule has 2 amide bonds. The van der Waals surface area contributed by atoms with Crippen molar-refractivity contribution in [1.82, 2.24) is 10.2 Å². The molecule has 1 fully saturated rings. The van der Waals surface area contributed by atoms with Crippen LogP contribution in [0.15, 0.2) is 108 Å². The lowest BCUT2D eigenvalue weighted by molar-refractivity contribution is -0.140. The summed E-state index contributed by atoms with van der Waals surface area (Å²) in [7, 11) is -4.28. The number of anilines is 1. The molecule has 46 heavy (non-hydrogen) atoms. The summed E-state index contributed by atoms with van der Waals surface area (Å²) < 4.78 is 29.3. The molecule has 0 spiro atoms. The molecular weight excluding hydrogens is 665 g/mol. The van der Waals surface area contributed by atoms with E-state index in [1.807, 2.05) is 30.3 Å². The van der Waals surface area contributed by atoms with Crippen LogP contribution < -0.4 is 9.62 Å². The monoisotopic (exact) mass is 697 g/mol. The quantitative estimate of drug-likeness (QED) is 0.166. The molecule has 0 bridgehead atoms. The van der Waals surface area contributed by atoms with Crippen molar-refractivity contribution in [1.29, 1.82) is 0 Å². The number of halogens is 3. The first-order valence-electron chi connectivity index (χ1n) is 15.0. The van der Waals surface area contributed by atoms with Crippen LogP contribution in [0.25, 0.3) is 0 Å². The highest BCUT2D eigenvalue weighted by Gasteiger charge is 2.36. The van der Waals surface area contributed by atoms with E-state index in [0.29, 0.717) is 20.6 Å². The van der Waals surface area contributed by atoms with Crippen molar-refractivity contribution >= 4 is 62.3 Å². The molecule has 1 saturated carbocycles. The highest BCUT2D eigenvalue weighted by Crippen LogP contribution is 2.29. The molecule has 4 aromatic carbocycles. The van der Waals surface area contributed by atoms with Crippen LogP contribution in [-0.4, -0.2) is 43.8 Å². The van der Waals surface area contributed by atoms with Gasteiger partial charge in [-0.25, -0.2) is 8.42 Å². The average molecular weight is 699 g/mol. The van der Waals surface area contributed by atoms with Crippen LogP contribution in [0.3, 0.4) is 0 Å². The average Bonchev–Trinajstić information content (AvgIpc) is 3.56. The van der Waals surface area contributed by atoms with Gasteiger partial charge in [0.05, 0.1) is 10.6 Å². The highest BCUT2D eigenvalue weighted by atomic mass is 35.5. The highest BCUT2D eigenvalue weighted by molar-refractivity contribution is 7.92. The molecule has 1 atom stereocenters. The van der Waals surface area contributed by atoms with Crippen molar-refractivity contribution in [2.24, 2.45) is 0 Å². The summed E-state index contributed by atoms with van der Waals surface area (Å²) in [5.74, 6) is -0.883. The molecule has 0 radical (unpaired) electrons. The zero-order valence-corrected chi connectivity index (χ0v) is 28.1. The van der Waals surface area contributed by atoms with Gasteiger partial charge in [0.2, 0.25) is 11.8 Å². The third kappa shape index (κ3) is 8.42. The van der Waals surface area contributed by atoms with E-state index in [1.165, 1.54) is 35.2 Å². The maximum atomic E-state index is 14.6. The second kappa shape index (κ2) is 15.4. The van der Waals surface area contributed by atoms with Gasteiger partial charge in [-0.05, 0) is 72.5 Å². The predicted octanol–water partition coefficient (Wildman–Crippen LogP) is 7.54. The number of carbonyl (C=O) groups excluding carboxylic acids is 2. The Hall–Kier alpha value is -3.56. The Morgan fingerprint density at radius 1 is 0.804 bits per heavy atom. The molecule has 7 nitrogen and oxygen atoms in total. The van der Waals surface area contributed by atoms with Crippen LogP contribution in [0.2, 0.25) is 15.1 Å². The number of benzene rings is 4. The molecule has 240 valence electrons. The fourth-order valence-electron chi connectivity index (χ4n) is 5.63. The van der Waals surface area contributed by atoms with E-state index >= 15 is 0 Å². The SMILES string of the molecule is O=C(NC1CCCC1)C(Cc1ccccc1)N(Cc1ccccc1Cl)C(=O)CN(c1cccc(Cl)c1)S(=O)(=O)c1ccc(Cl)cc1. The van der Waals surface area contributed by atoms with Crippen LogP contribution in [0.5, 0.6) is 0 Å². The Morgan fingerprint density at radius 2 is 1.48 bits per heavy atom. The number of nitrogens with one attached hydrogen (secondary N) is 1. The van der Waals surface area contributed by atoms with Crippen molar-refractivity contribution in [3.63, 3.8) is 0 Å². The molecule has 1 unspecified atom stereocenters. The molecule has 0 saturated heterocycles. The normalized spacial score (nSPS) is 14.1. The number of rotatable bonds is 12. The van der Waals surface area contributed by atoms with Crippen molar-refractivity contribution in [2.45, 2.75) is 55.6 Å². The van der Waals surface area contributed by atoms with Gasteiger partial charge in [0, 0.05) is 34.1 Å². The van der Waals surface area contributed by atoms with Gasteiger partial charge in [0.15, 0.2) is 0 Å². The first-order chi connectivity index (χ1) is 22.1. The standard InChI is InChI=1S/C35H34Cl3N3O4S/c36-27-17-19-31(20-18-27)46(44,45)41(30-15-8-12-28(37)22-30)24-34(42)40(23-26-11-4-7-16-32(26)38)33(21-25-9-2-1-3-10-25)35(43)39-29-13-5-6-14-29/h1-4,7-12,15-20,22,29,33H,5-6,13-14,21,23-24H2,(H,39,43). The van der Waals surface area contributed by atoms with Gasteiger partial charge in [0.25, 0.3) is 10.0 Å². The maximum absolute atomic E-state index is 14.6. The van der Waals surface area contributed by atoms with Crippen LogP contribution in [0.1, 0.15) is 36.8 Å². The molecule has 0 heterocycles. The zero-order chi connectivity index (χ0) is 32.7. The first-order valence-corrected chi connectivity index (χ1v) is 17.6. The van der Waals surface area contributed by atoms with E-state index in [0.717, 1.165) is 35.6 Å². The van der Waals surface area contributed by atoms with E-state index in [2.05, 4.69) is 5.32 Å². The van der Waals surface area contributed by atoms with Gasteiger partial charge in [0.1, 0.15) is 12.6 Å². The van der Waals surface area contributed by atoms with Gasteiger partial charge in [-0.15, -0.1) is 0 Å². The molecular formula is C35H34Cl3N3O4S. The van der Waals surface area contributed by atoms with E-state index in [1.54, 1.807) is 42.5 Å². The molecule has 1 aliphatic rings. The van der Waals surface area contributed by atoms with Crippen molar-refractivity contribution in [3.05, 3.63) is 129 Å². The largest absolute Gasteiger partial charge is 0.352 e. The lowest BCUT2D eigenvalue weighted by Crippen LogP contribution is -2.54. The Kier molecular flexibility index (Phi) is 11.3. The van der Waals surface area contributed by atoms with Gasteiger partial charge in [-0.3, -0.25) is 13.9 Å². The Morgan fingerprint density at radius 3 is 2.15 bits per heavy atom. The smallest absolute Gasteiger partial charge is 0.264 e. The third-order valence-electron chi connectivity index (χ3n) is 8.05. The van der Waals surface area contributed by atoms with E-state index in [4.69, 9.17) is 34.8 Å². The van der Waals surface area contributed by atoms with Crippen molar-refractivity contribution in [3.8, 4) is 0 Å². The van der Waals surface area contributed by atoms with E-state index < -0.39 is 28.5 Å². The molecule has 4 aromatic rings. The van der Waals surface area contributed by atoms with E-state index in [-0.39, 0.29) is 35.5 Å². The summed E-state index contributed by atoms with van der Waals surface area (Å²) in [5, 5.41) is 4.25. The molecule has 0 aliphatic heterocycles. The minimum absolute atomic E-state index is 0.0104. The number of amides is 2. The summed E-state index contributed by atoms with van der Waals surface area (Å²) in [5.41, 5.74) is 1.68. The van der Waals surface area contributed by atoms with Crippen molar-refractivity contribution in [2.75, 3.05) is 10.8 Å². The van der Waals surface area contributed by atoms with Crippen LogP contribution in [-0.2, 0) is 32.6 Å². The summed E-state index contributed by atoms with van der Waals surface area (Å²) in [6.07, 6.45) is 3.99. The minimum atomic E-state index is -4.28. The maximum Gasteiger partial charge on any atom is 0.264 e. The molecule has 1 N–H and O–H groups in total. The lowest BCUT2D eigenvalue weighted by Gasteiger charge is -2.34. The second-order valence-electron chi connectivity index (χ2n) is 11.3. The fourth-order valence-corrected chi connectivity index (χ4v) is 7.54. The van der Waals surface area contributed by atoms with Crippen LogP contribution in [0.4, 0.5) is 5.69 Å². The Bertz CT molecular complexity index is 1770. The zero-order valence-electron chi connectivity index (χ0n) is 25.0. The van der Waals surface area contributed by atoms with Crippen LogP contribution >= 0.6 is 34.8 Å². The van der Waals surface area contributed by atoms with Gasteiger partial charge in [-0.2, -0.15) is 0 Å². The third-order valence-corrected chi connectivity index (χ3v) is 10.7. The molecule has 0 aromatic heterocycles. The Balaban J connectivity index is 1.57. The van der Waals surface area contributed by atoms with E-state index in [9.17, 15) is 18.0 Å². The summed E-state index contributed by atoms with van der Waals surface area (Å²) in [4.78, 5) is 30.0. The minimum Gasteiger partial charge on any atom is -0.352 e. The second-order valence-corrected chi connectivity index (χ2v) is 14.4. The first kappa shape index (κ1) is 33.8. The Labute approximate surface area is 285 Å². The topological polar surface area (TPSA) is 86.8 Å². The summed E-state index contributed by atoms with van der Waals surface area (Å²) >= 11 is 18.9. The van der Waals surface area contributed by atoms with Gasteiger partial charge < -0.3 is 10.2 Å². The summed E-state index contributed by atoms with van der Waals surface area (Å²) in [6.45, 7) is -0.615. The number of hydrogen-bond acceptors (Lipinski definition) is 4. The molecule has 11 heteroatoms. The number of sulfonamides is 1. The number of nitrogens with zero attached hydrogens (tertiary/aromatic N) is 2. The summed E-state index contributed by atoms with van der Waals surface area (Å²) in [6, 6.07) is 27.6. The van der Waals surface area contributed by atoms with Gasteiger partial charge >= 0.3 is 0 Å². The molecule has 5 rings (SSSR count). The van der Waals surface area contributed by atoms with Crippen molar-refractivity contribution < 1.29 is 18.0 Å².